The summed E-state index contributed by atoms with van der Waals surface area (Å²) in [5.41, 5.74) is -0.867. The number of benzene rings is 1. The van der Waals surface area contributed by atoms with Gasteiger partial charge >= 0.3 is 0 Å². The fourth-order valence-electron chi connectivity index (χ4n) is 0.928. The molecule has 0 N–H and O–H groups in total. The van der Waals surface area contributed by atoms with E-state index in [9.17, 15) is 4.79 Å². The van der Waals surface area contributed by atoms with E-state index in [1.165, 1.54) is 0 Å². The lowest BCUT2D eigenvalue weighted by Gasteiger charge is -2.22. The van der Waals surface area contributed by atoms with E-state index >= 15 is 0 Å². The highest BCUT2D eigenvalue weighted by Gasteiger charge is 2.24. The number of carbonyl (C=O) groups excluding carboxylic acids is 1. The average Bonchev–Trinajstić information content (AvgIpc) is 2.21. The Morgan fingerprint density at radius 3 is 2.43 bits per heavy atom. The first-order chi connectivity index (χ1) is 6.59. The van der Waals surface area contributed by atoms with Gasteiger partial charge < -0.3 is 4.74 Å². The molecule has 0 fully saturated rings. The number of hydrogen-bond donors (Lipinski definition) is 0. The van der Waals surface area contributed by atoms with Crippen molar-refractivity contribution >= 4 is 17.9 Å². The molecule has 1 radical (unpaired) electrons. The van der Waals surface area contributed by atoms with Crippen molar-refractivity contribution in [2.45, 2.75) is 25.9 Å². The van der Waals surface area contributed by atoms with Crippen LogP contribution < -0.4 is 4.74 Å². The van der Waals surface area contributed by atoms with E-state index in [1.54, 1.807) is 31.2 Å². The van der Waals surface area contributed by atoms with Crippen molar-refractivity contribution in [1.82, 2.24) is 0 Å². The maximum atomic E-state index is 10.7. The van der Waals surface area contributed by atoms with Crippen LogP contribution in [-0.2, 0) is 4.79 Å². The minimum atomic E-state index is -0.867. The summed E-state index contributed by atoms with van der Waals surface area (Å²) in [5.74, 6) is 0.627. The Labute approximate surface area is 88.8 Å². The Hall–Kier alpha value is -1.02. The smallest absolute Gasteiger partial charge is 0.245 e. The van der Waals surface area contributed by atoms with Gasteiger partial charge in [-0.25, -0.2) is 0 Å². The highest BCUT2D eigenvalue weighted by molar-refractivity contribution is 6.30. The first-order valence-electron chi connectivity index (χ1n) is 4.43. The molecular weight excluding hydrogens is 200 g/mol. The zero-order valence-corrected chi connectivity index (χ0v) is 8.97. The van der Waals surface area contributed by atoms with Crippen molar-refractivity contribution in [3.05, 3.63) is 29.3 Å². The Morgan fingerprint density at radius 1 is 1.43 bits per heavy atom. The van der Waals surface area contributed by atoms with Gasteiger partial charge in [0.25, 0.3) is 0 Å². The monoisotopic (exact) mass is 211 g/mol. The third-order valence-electron chi connectivity index (χ3n) is 2.05. The molecule has 0 amide bonds. The van der Waals surface area contributed by atoms with Crippen molar-refractivity contribution in [3.63, 3.8) is 0 Å². The summed E-state index contributed by atoms with van der Waals surface area (Å²) in [5, 5.41) is 0.644. The molecule has 2 nitrogen and oxygen atoms in total. The SMILES string of the molecule is CCC(C)([C]=O)Oc1ccc(Cl)cc1. The quantitative estimate of drug-likeness (QED) is 0.766. The molecule has 0 bridgehead atoms. The minimum Gasteiger partial charge on any atom is -0.479 e. The second-order valence-corrected chi connectivity index (χ2v) is 3.68. The van der Waals surface area contributed by atoms with E-state index in [1.807, 2.05) is 13.2 Å². The van der Waals surface area contributed by atoms with Crippen molar-refractivity contribution in [1.29, 1.82) is 0 Å². The predicted molar refractivity (Wildman–Crippen MR) is 56.5 cm³/mol. The zero-order valence-electron chi connectivity index (χ0n) is 8.21. The molecule has 0 aliphatic carbocycles. The lowest BCUT2D eigenvalue weighted by atomic mass is 10.1. The largest absolute Gasteiger partial charge is 0.479 e. The summed E-state index contributed by atoms with van der Waals surface area (Å²) < 4.78 is 5.47. The van der Waals surface area contributed by atoms with Gasteiger partial charge in [-0.3, -0.25) is 4.79 Å². The van der Waals surface area contributed by atoms with E-state index in [-0.39, 0.29) is 0 Å². The maximum Gasteiger partial charge on any atom is 0.245 e. The van der Waals surface area contributed by atoms with Gasteiger partial charge in [-0.15, -0.1) is 0 Å². The molecule has 0 aliphatic heterocycles. The van der Waals surface area contributed by atoms with Crippen LogP contribution in [0.15, 0.2) is 24.3 Å². The molecule has 1 unspecified atom stereocenters. The Bertz CT molecular complexity index is 308. The van der Waals surface area contributed by atoms with Gasteiger partial charge in [0.15, 0.2) is 5.60 Å². The molecule has 0 aromatic heterocycles. The Kier molecular flexibility index (Phi) is 3.53. The number of hydrogen-bond acceptors (Lipinski definition) is 2. The topological polar surface area (TPSA) is 26.3 Å². The normalized spacial score (nSPS) is 14.5. The molecule has 0 saturated heterocycles. The summed E-state index contributed by atoms with van der Waals surface area (Å²) in [6.45, 7) is 3.58. The summed E-state index contributed by atoms with van der Waals surface area (Å²) in [6.07, 6.45) is 2.47. The van der Waals surface area contributed by atoms with Crippen LogP contribution in [-0.4, -0.2) is 11.9 Å². The molecule has 0 aliphatic rings. The Balaban J connectivity index is 2.77. The fourth-order valence-corrected chi connectivity index (χ4v) is 1.05. The number of ether oxygens (including phenoxy) is 1. The highest BCUT2D eigenvalue weighted by Crippen LogP contribution is 2.21. The van der Waals surface area contributed by atoms with E-state index < -0.39 is 5.60 Å². The van der Waals surface area contributed by atoms with Crippen molar-refractivity contribution in [3.8, 4) is 5.75 Å². The second-order valence-electron chi connectivity index (χ2n) is 3.24. The molecule has 0 spiro atoms. The number of halogens is 1. The van der Waals surface area contributed by atoms with Crippen LogP contribution in [0, 0.1) is 0 Å². The van der Waals surface area contributed by atoms with E-state index in [4.69, 9.17) is 16.3 Å². The summed E-state index contributed by atoms with van der Waals surface area (Å²) >= 11 is 5.72. The first kappa shape index (κ1) is 11.1. The summed E-state index contributed by atoms with van der Waals surface area (Å²) in [6, 6.07) is 6.90. The van der Waals surface area contributed by atoms with E-state index in [2.05, 4.69) is 0 Å². The molecule has 14 heavy (non-hydrogen) atoms. The van der Waals surface area contributed by atoms with Crippen molar-refractivity contribution in [2.75, 3.05) is 0 Å². The molecule has 1 atom stereocenters. The molecule has 1 aromatic carbocycles. The molecule has 75 valence electrons. The highest BCUT2D eigenvalue weighted by atomic mass is 35.5. The van der Waals surface area contributed by atoms with Crippen LogP contribution in [0.2, 0.25) is 5.02 Å². The van der Waals surface area contributed by atoms with E-state index in [0.29, 0.717) is 17.2 Å². The molecule has 0 heterocycles. The lowest BCUT2D eigenvalue weighted by Crippen LogP contribution is -2.33. The van der Waals surface area contributed by atoms with Gasteiger partial charge in [-0.1, -0.05) is 18.5 Å². The van der Waals surface area contributed by atoms with Crippen molar-refractivity contribution < 1.29 is 9.53 Å². The maximum absolute atomic E-state index is 10.7. The molecule has 3 heteroatoms. The molecular formula is C11H12ClO2. The average molecular weight is 212 g/mol. The van der Waals surface area contributed by atoms with Crippen LogP contribution >= 0.6 is 11.6 Å². The molecule has 1 rings (SSSR count). The van der Waals surface area contributed by atoms with Crippen molar-refractivity contribution in [2.24, 2.45) is 0 Å². The lowest BCUT2D eigenvalue weighted by molar-refractivity contribution is 0.152. The summed E-state index contributed by atoms with van der Waals surface area (Å²) in [4.78, 5) is 10.7. The third-order valence-corrected chi connectivity index (χ3v) is 2.30. The van der Waals surface area contributed by atoms with Gasteiger partial charge in [0.2, 0.25) is 6.29 Å². The van der Waals surface area contributed by atoms with Gasteiger partial charge in [0.1, 0.15) is 5.75 Å². The fraction of sp³-hybridized carbons (Fsp3) is 0.364. The van der Waals surface area contributed by atoms with Gasteiger partial charge in [0.05, 0.1) is 0 Å². The first-order valence-corrected chi connectivity index (χ1v) is 4.81. The number of rotatable bonds is 4. The van der Waals surface area contributed by atoms with Gasteiger partial charge in [0, 0.05) is 5.02 Å². The van der Waals surface area contributed by atoms with Crippen LogP contribution in [0.25, 0.3) is 0 Å². The Morgan fingerprint density at radius 2 is 2.00 bits per heavy atom. The van der Waals surface area contributed by atoms with E-state index in [0.717, 1.165) is 0 Å². The molecule has 1 aromatic rings. The van der Waals surface area contributed by atoms with Gasteiger partial charge in [-0.05, 0) is 37.6 Å². The minimum absolute atomic E-state index is 0.582. The standard InChI is InChI=1S/C11H12ClO2/c1-3-11(2,8-13)14-10-6-4-9(12)5-7-10/h4-7H,3H2,1-2H3. The predicted octanol–water partition coefficient (Wildman–Crippen LogP) is 3.00. The zero-order chi connectivity index (χ0) is 10.6. The molecule has 0 saturated carbocycles. The summed E-state index contributed by atoms with van der Waals surface area (Å²) in [7, 11) is 0. The van der Waals surface area contributed by atoms with Gasteiger partial charge in [-0.2, -0.15) is 0 Å². The van der Waals surface area contributed by atoms with Crippen LogP contribution in [0.3, 0.4) is 0 Å². The van der Waals surface area contributed by atoms with Crippen LogP contribution in [0.4, 0.5) is 0 Å². The second kappa shape index (κ2) is 4.47. The third kappa shape index (κ3) is 2.74. The van der Waals surface area contributed by atoms with Crippen LogP contribution in [0.1, 0.15) is 20.3 Å². The van der Waals surface area contributed by atoms with Crippen LogP contribution in [0.5, 0.6) is 5.75 Å².